The second-order valence-electron chi connectivity index (χ2n) is 6.04. The van der Waals surface area contributed by atoms with E-state index in [0.717, 1.165) is 5.56 Å². The summed E-state index contributed by atoms with van der Waals surface area (Å²) < 4.78 is 28.5. The van der Waals surface area contributed by atoms with E-state index < -0.39 is 15.9 Å². The molecule has 1 aliphatic heterocycles. The van der Waals surface area contributed by atoms with Gasteiger partial charge in [-0.25, -0.2) is 8.42 Å². The van der Waals surface area contributed by atoms with E-state index >= 15 is 0 Å². The van der Waals surface area contributed by atoms with Gasteiger partial charge in [0.1, 0.15) is 10.6 Å². The van der Waals surface area contributed by atoms with E-state index in [0.29, 0.717) is 6.54 Å². The number of nitrogens with two attached hydrogens (primary N) is 2. The standard InChI is InChI=1S/C16H20N4O3S/c1-19-8-12(7-15(19)16(18)21)24(22,23)20-9-13(14(17)10-20)11-5-3-2-4-6-11/h2-8,13-14H,9-10,17H2,1H3,(H2,18,21)/t13-,14+/m0/s1. The Morgan fingerprint density at radius 2 is 1.88 bits per heavy atom. The van der Waals surface area contributed by atoms with Gasteiger partial charge in [0.15, 0.2) is 0 Å². The van der Waals surface area contributed by atoms with Crippen molar-refractivity contribution in [1.82, 2.24) is 8.87 Å². The highest BCUT2D eigenvalue weighted by Gasteiger charge is 2.38. The maximum atomic E-state index is 12.8. The van der Waals surface area contributed by atoms with Crippen LogP contribution < -0.4 is 11.5 Å². The Balaban J connectivity index is 1.89. The Labute approximate surface area is 140 Å². The third-order valence-corrected chi connectivity index (χ3v) is 6.23. The van der Waals surface area contributed by atoms with Crippen molar-refractivity contribution in [3.8, 4) is 0 Å². The SMILES string of the molecule is Cn1cc(S(=O)(=O)N2C[C@@H](N)[C@H](c3ccccc3)C2)cc1C(N)=O. The summed E-state index contributed by atoms with van der Waals surface area (Å²) in [6, 6.07) is 10.7. The Morgan fingerprint density at radius 3 is 2.46 bits per heavy atom. The van der Waals surface area contributed by atoms with Crippen LogP contribution in [0.2, 0.25) is 0 Å². The molecule has 3 rings (SSSR count). The summed E-state index contributed by atoms with van der Waals surface area (Å²) >= 11 is 0. The van der Waals surface area contributed by atoms with Gasteiger partial charge >= 0.3 is 0 Å². The molecule has 1 aliphatic rings. The monoisotopic (exact) mass is 348 g/mol. The smallest absolute Gasteiger partial charge is 0.265 e. The molecule has 0 aliphatic carbocycles. The molecule has 7 nitrogen and oxygen atoms in total. The quantitative estimate of drug-likeness (QED) is 0.824. The van der Waals surface area contributed by atoms with E-state index in [2.05, 4.69) is 0 Å². The molecule has 0 spiro atoms. The molecule has 1 aromatic heterocycles. The number of hydrogen-bond donors (Lipinski definition) is 2. The summed E-state index contributed by atoms with van der Waals surface area (Å²) in [5.41, 5.74) is 12.6. The van der Waals surface area contributed by atoms with Crippen molar-refractivity contribution in [2.24, 2.45) is 18.5 Å². The average molecular weight is 348 g/mol. The molecule has 4 N–H and O–H groups in total. The van der Waals surface area contributed by atoms with Gasteiger partial charge in [0.25, 0.3) is 5.91 Å². The third-order valence-electron chi connectivity index (χ3n) is 4.43. The molecule has 2 aromatic rings. The minimum Gasteiger partial charge on any atom is -0.364 e. The Morgan fingerprint density at radius 1 is 1.21 bits per heavy atom. The first-order valence-electron chi connectivity index (χ1n) is 7.57. The fraction of sp³-hybridized carbons (Fsp3) is 0.312. The van der Waals surface area contributed by atoms with Crippen molar-refractivity contribution in [2.45, 2.75) is 16.9 Å². The number of carbonyl (C=O) groups is 1. The third kappa shape index (κ3) is 2.83. The van der Waals surface area contributed by atoms with Crippen molar-refractivity contribution in [1.29, 1.82) is 0 Å². The van der Waals surface area contributed by atoms with E-state index in [4.69, 9.17) is 11.5 Å². The van der Waals surface area contributed by atoms with E-state index in [9.17, 15) is 13.2 Å². The van der Waals surface area contributed by atoms with Gasteiger partial charge in [-0.2, -0.15) is 4.31 Å². The number of nitrogens with zero attached hydrogens (tertiary/aromatic N) is 2. The topological polar surface area (TPSA) is 111 Å². The Kier molecular flexibility index (Phi) is 4.20. The molecule has 1 saturated heterocycles. The lowest BCUT2D eigenvalue weighted by atomic mass is 9.95. The minimum atomic E-state index is -3.72. The number of carbonyl (C=O) groups excluding carboxylic acids is 1. The molecule has 1 aromatic carbocycles. The second kappa shape index (κ2) is 6.04. The summed E-state index contributed by atoms with van der Waals surface area (Å²) in [5, 5.41) is 0. The molecular formula is C16H20N4O3S. The van der Waals surface area contributed by atoms with Gasteiger partial charge in [-0.1, -0.05) is 30.3 Å². The highest BCUT2D eigenvalue weighted by molar-refractivity contribution is 7.89. The van der Waals surface area contributed by atoms with Crippen LogP contribution in [0.5, 0.6) is 0 Å². The van der Waals surface area contributed by atoms with Crippen LogP contribution in [0.25, 0.3) is 0 Å². The van der Waals surface area contributed by atoms with E-state index in [-0.39, 0.29) is 29.1 Å². The van der Waals surface area contributed by atoms with Gasteiger partial charge in [0, 0.05) is 38.3 Å². The maximum absolute atomic E-state index is 12.8. The summed E-state index contributed by atoms with van der Waals surface area (Å²) in [6.45, 7) is 0.553. The Bertz CT molecular complexity index is 861. The zero-order valence-corrected chi connectivity index (χ0v) is 14.1. The fourth-order valence-electron chi connectivity index (χ4n) is 3.11. The lowest BCUT2D eigenvalue weighted by Gasteiger charge is -2.15. The van der Waals surface area contributed by atoms with Gasteiger partial charge in [-0.05, 0) is 11.6 Å². The molecule has 0 bridgehead atoms. The highest BCUT2D eigenvalue weighted by atomic mass is 32.2. The molecular weight excluding hydrogens is 328 g/mol. The summed E-state index contributed by atoms with van der Waals surface area (Å²) in [7, 11) is -2.14. The number of aryl methyl sites for hydroxylation is 1. The van der Waals surface area contributed by atoms with Crippen LogP contribution in [0, 0.1) is 0 Å². The van der Waals surface area contributed by atoms with Crippen LogP contribution in [0.4, 0.5) is 0 Å². The van der Waals surface area contributed by atoms with Gasteiger partial charge < -0.3 is 16.0 Å². The lowest BCUT2D eigenvalue weighted by molar-refractivity contribution is 0.0992. The highest BCUT2D eigenvalue weighted by Crippen LogP contribution is 2.30. The number of benzene rings is 1. The normalized spacial score (nSPS) is 21.9. The minimum absolute atomic E-state index is 0.0553. The zero-order valence-electron chi connectivity index (χ0n) is 13.3. The second-order valence-corrected chi connectivity index (χ2v) is 7.98. The van der Waals surface area contributed by atoms with Crippen LogP contribution in [0.3, 0.4) is 0 Å². The largest absolute Gasteiger partial charge is 0.364 e. The van der Waals surface area contributed by atoms with Gasteiger partial charge in [0.2, 0.25) is 10.0 Å². The molecule has 128 valence electrons. The molecule has 1 fully saturated rings. The van der Waals surface area contributed by atoms with Crippen LogP contribution in [-0.4, -0.2) is 42.3 Å². The summed E-state index contributed by atoms with van der Waals surface area (Å²) in [5.74, 6) is -0.723. The van der Waals surface area contributed by atoms with Crippen molar-refractivity contribution >= 4 is 15.9 Å². The van der Waals surface area contributed by atoms with E-state index in [1.165, 1.54) is 21.1 Å². The van der Waals surface area contributed by atoms with Gasteiger partial charge in [-0.3, -0.25) is 4.79 Å². The van der Waals surface area contributed by atoms with E-state index in [1.54, 1.807) is 7.05 Å². The van der Waals surface area contributed by atoms with Gasteiger partial charge in [0.05, 0.1) is 0 Å². The molecule has 0 saturated carbocycles. The first-order chi connectivity index (χ1) is 11.3. The molecule has 24 heavy (non-hydrogen) atoms. The number of hydrogen-bond acceptors (Lipinski definition) is 4. The molecule has 2 heterocycles. The van der Waals surface area contributed by atoms with Crippen LogP contribution in [-0.2, 0) is 17.1 Å². The number of amides is 1. The van der Waals surface area contributed by atoms with Gasteiger partial charge in [-0.15, -0.1) is 0 Å². The van der Waals surface area contributed by atoms with Crippen LogP contribution in [0.1, 0.15) is 22.0 Å². The first-order valence-corrected chi connectivity index (χ1v) is 9.01. The predicted octanol–water partition coefficient (Wildman–Crippen LogP) is 0.239. The van der Waals surface area contributed by atoms with Crippen LogP contribution in [0.15, 0.2) is 47.5 Å². The Hall–Kier alpha value is -2.16. The fourth-order valence-corrected chi connectivity index (χ4v) is 4.69. The average Bonchev–Trinajstić information content (AvgIpc) is 3.12. The van der Waals surface area contributed by atoms with Crippen molar-refractivity contribution < 1.29 is 13.2 Å². The maximum Gasteiger partial charge on any atom is 0.265 e. The number of sulfonamides is 1. The van der Waals surface area contributed by atoms with Crippen LogP contribution >= 0.6 is 0 Å². The van der Waals surface area contributed by atoms with E-state index in [1.807, 2.05) is 30.3 Å². The van der Waals surface area contributed by atoms with Crippen molar-refractivity contribution in [3.63, 3.8) is 0 Å². The summed E-state index contributed by atoms with van der Waals surface area (Å²) in [4.78, 5) is 11.4. The molecule has 0 radical (unpaired) electrons. The molecule has 0 unspecified atom stereocenters. The lowest BCUT2D eigenvalue weighted by Crippen LogP contribution is -2.32. The molecule has 2 atom stereocenters. The number of aromatic nitrogens is 1. The van der Waals surface area contributed by atoms with Crippen molar-refractivity contribution in [3.05, 3.63) is 53.9 Å². The van der Waals surface area contributed by atoms with Crippen molar-refractivity contribution in [2.75, 3.05) is 13.1 Å². The first kappa shape index (κ1) is 16.7. The number of rotatable bonds is 4. The molecule has 1 amide bonds. The number of primary amides is 1. The summed E-state index contributed by atoms with van der Waals surface area (Å²) in [6.07, 6.45) is 1.40. The zero-order chi connectivity index (χ0) is 17.5. The molecule has 8 heteroatoms. The predicted molar refractivity (Wildman–Crippen MR) is 89.8 cm³/mol.